The molecule has 2 N–H and O–H groups in total. The topological polar surface area (TPSA) is 79.8 Å². The van der Waals surface area contributed by atoms with Crippen molar-refractivity contribution < 1.29 is 14.3 Å². The number of carbonyl (C=O) groups is 2. The normalized spacial score (nSPS) is 15.7. The largest absolute Gasteiger partial charge is 0.465 e. The number of carbonyl (C=O) groups excluding carboxylic acids is 2. The van der Waals surface area contributed by atoms with Crippen LogP contribution in [0.25, 0.3) is 0 Å². The Morgan fingerprint density at radius 2 is 1.89 bits per heavy atom. The maximum Gasteiger partial charge on any atom is 0.322 e. The van der Waals surface area contributed by atoms with Crippen molar-refractivity contribution in [3.63, 3.8) is 0 Å². The van der Waals surface area contributed by atoms with Gasteiger partial charge in [-0.25, -0.2) is 4.99 Å². The first-order valence-electron chi connectivity index (χ1n) is 8.68. The second-order valence-corrected chi connectivity index (χ2v) is 6.12. The van der Waals surface area contributed by atoms with Gasteiger partial charge in [-0.1, -0.05) is 36.9 Å². The predicted octanol–water partition coefficient (Wildman–Crippen LogP) is 3.57. The average molecular weight is 363 g/mol. The first-order valence-corrected chi connectivity index (χ1v) is 8.68. The summed E-state index contributed by atoms with van der Waals surface area (Å²) in [6.07, 6.45) is 0. The number of esters is 1. The van der Waals surface area contributed by atoms with Crippen molar-refractivity contribution in [2.75, 3.05) is 11.9 Å². The minimum absolute atomic E-state index is 0.184. The van der Waals surface area contributed by atoms with Gasteiger partial charge in [-0.15, -0.1) is 0 Å². The first kappa shape index (κ1) is 18.4. The third-order valence-electron chi connectivity index (χ3n) is 4.22. The molecule has 6 nitrogen and oxygen atoms in total. The maximum absolute atomic E-state index is 12.8. The number of anilines is 1. The molecule has 2 aromatic rings. The number of fused-ring (bicyclic) bond motifs is 1. The zero-order valence-corrected chi connectivity index (χ0v) is 15.3. The fourth-order valence-corrected chi connectivity index (χ4v) is 2.87. The summed E-state index contributed by atoms with van der Waals surface area (Å²) >= 11 is 0. The Bertz CT molecular complexity index is 934. The molecule has 0 bridgehead atoms. The molecule has 3 rings (SSSR count). The summed E-state index contributed by atoms with van der Waals surface area (Å²) in [5, 5.41) is 5.89. The zero-order valence-electron chi connectivity index (χ0n) is 15.3. The van der Waals surface area contributed by atoms with E-state index in [-0.39, 0.29) is 18.3 Å². The lowest BCUT2D eigenvalue weighted by Crippen LogP contribution is -2.41. The van der Waals surface area contributed by atoms with E-state index in [0.29, 0.717) is 22.6 Å². The van der Waals surface area contributed by atoms with Gasteiger partial charge in [0.15, 0.2) is 5.92 Å². The first-order chi connectivity index (χ1) is 13.0. The van der Waals surface area contributed by atoms with Crippen LogP contribution in [0.4, 0.5) is 11.4 Å². The van der Waals surface area contributed by atoms with E-state index < -0.39 is 11.9 Å². The van der Waals surface area contributed by atoms with Crippen LogP contribution in [-0.2, 0) is 9.53 Å². The highest BCUT2D eigenvalue weighted by Crippen LogP contribution is 2.31. The molecule has 1 amide bonds. The Hall–Kier alpha value is -3.41. The maximum atomic E-state index is 12.8. The van der Waals surface area contributed by atoms with Gasteiger partial charge in [-0.2, -0.15) is 0 Å². The quantitative estimate of drug-likeness (QED) is 0.817. The number of nitrogens with zero attached hydrogens (tertiary/aromatic N) is 1. The summed E-state index contributed by atoms with van der Waals surface area (Å²) in [5.41, 5.74) is 3.04. The second kappa shape index (κ2) is 7.86. The van der Waals surface area contributed by atoms with E-state index in [9.17, 15) is 9.59 Å². The van der Waals surface area contributed by atoms with Gasteiger partial charge in [-0.3, -0.25) is 9.59 Å². The third kappa shape index (κ3) is 3.89. The van der Waals surface area contributed by atoms with Crippen molar-refractivity contribution in [2.45, 2.75) is 13.8 Å². The number of hydrogen-bond donors (Lipinski definition) is 2. The number of benzene rings is 2. The molecule has 0 unspecified atom stereocenters. The summed E-state index contributed by atoms with van der Waals surface area (Å²) < 4.78 is 5.18. The summed E-state index contributed by atoms with van der Waals surface area (Å²) in [6, 6.07) is 14.5. The van der Waals surface area contributed by atoms with Crippen LogP contribution in [-0.4, -0.2) is 24.3 Å². The van der Waals surface area contributed by atoms with Crippen molar-refractivity contribution in [3.05, 3.63) is 71.9 Å². The van der Waals surface area contributed by atoms with Gasteiger partial charge in [0.05, 0.1) is 18.0 Å². The van der Waals surface area contributed by atoms with Crippen molar-refractivity contribution in [1.82, 2.24) is 5.32 Å². The van der Waals surface area contributed by atoms with Gasteiger partial charge in [0.1, 0.15) is 5.84 Å². The highest BCUT2D eigenvalue weighted by atomic mass is 16.5. The highest BCUT2D eigenvalue weighted by Gasteiger charge is 2.33. The Morgan fingerprint density at radius 1 is 1.19 bits per heavy atom. The lowest BCUT2D eigenvalue weighted by Gasteiger charge is -2.19. The van der Waals surface area contributed by atoms with E-state index in [1.807, 2.05) is 37.3 Å². The van der Waals surface area contributed by atoms with Gasteiger partial charge in [-0.05, 0) is 37.6 Å². The Kier molecular flexibility index (Phi) is 5.35. The number of para-hydroxylation sites is 2. The molecule has 0 radical (unpaired) electrons. The number of rotatable bonds is 3. The molecule has 0 aromatic heterocycles. The molecule has 138 valence electrons. The molecular weight excluding hydrogens is 342 g/mol. The Balaban J connectivity index is 2.02. The predicted molar refractivity (Wildman–Crippen MR) is 105 cm³/mol. The van der Waals surface area contributed by atoms with Crippen LogP contribution in [0.1, 0.15) is 22.8 Å². The van der Waals surface area contributed by atoms with Gasteiger partial charge >= 0.3 is 5.97 Å². The van der Waals surface area contributed by atoms with Crippen molar-refractivity contribution >= 4 is 29.1 Å². The number of nitrogens with one attached hydrogen (secondary N) is 2. The molecule has 1 atom stereocenters. The molecule has 0 aliphatic carbocycles. The van der Waals surface area contributed by atoms with Gasteiger partial charge < -0.3 is 15.4 Å². The molecule has 0 saturated heterocycles. The van der Waals surface area contributed by atoms with Crippen LogP contribution in [0.5, 0.6) is 0 Å². The molecule has 0 fully saturated rings. The van der Waals surface area contributed by atoms with E-state index in [1.165, 1.54) is 0 Å². The standard InChI is InChI=1S/C21H21N3O3/c1-4-27-21(26)18-14(3)22-16-11-7-8-12-17(16)23-19(18)24-20(25)15-10-6-5-9-13(15)2/h5-12,18,22H,3-4H2,1-2H3,(H,23,24,25)/t18-/m1/s1. The number of aryl methyl sites for hydroxylation is 1. The Morgan fingerprint density at radius 3 is 2.63 bits per heavy atom. The number of amidine groups is 1. The number of aliphatic imine (C=N–C) groups is 1. The fourth-order valence-electron chi connectivity index (χ4n) is 2.87. The molecule has 0 saturated carbocycles. The van der Waals surface area contributed by atoms with Gasteiger partial charge in [0.2, 0.25) is 0 Å². The Labute approximate surface area is 158 Å². The van der Waals surface area contributed by atoms with Crippen LogP contribution < -0.4 is 10.6 Å². The molecule has 1 aliphatic heterocycles. The molecule has 1 heterocycles. The highest BCUT2D eigenvalue weighted by molar-refractivity contribution is 6.15. The van der Waals surface area contributed by atoms with Crippen LogP contribution in [0.15, 0.2) is 65.8 Å². The molecule has 0 spiro atoms. The molecule has 6 heteroatoms. The monoisotopic (exact) mass is 363 g/mol. The van der Waals surface area contributed by atoms with E-state index in [2.05, 4.69) is 22.2 Å². The minimum Gasteiger partial charge on any atom is -0.465 e. The molecule has 1 aliphatic rings. The van der Waals surface area contributed by atoms with Gasteiger partial charge in [0, 0.05) is 11.3 Å². The summed E-state index contributed by atoms with van der Waals surface area (Å²) in [4.78, 5) is 29.9. The van der Waals surface area contributed by atoms with Gasteiger partial charge in [0.25, 0.3) is 5.91 Å². The summed E-state index contributed by atoms with van der Waals surface area (Å²) in [6.45, 7) is 7.75. The van der Waals surface area contributed by atoms with E-state index >= 15 is 0 Å². The molecular formula is C21H21N3O3. The number of ether oxygens (including phenoxy) is 1. The second-order valence-electron chi connectivity index (χ2n) is 6.12. The third-order valence-corrected chi connectivity index (χ3v) is 4.22. The van der Waals surface area contributed by atoms with Crippen molar-refractivity contribution in [1.29, 1.82) is 0 Å². The smallest absolute Gasteiger partial charge is 0.322 e. The lowest BCUT2D eigenvalue weighted by molar-refractivity contribution is -0.144. The van der Waals surface area contributed by atoms with Crippen LogP contribution >= 0.6 is 0 Å². The number of amides is 1. The van der Waals surface area contributed by atoms with Crippen LogP contribution in [0.2, 0.25) is 0 Å². The summed E-state index contributed by atoms with van der Waals surface area (Å²) in [7, 11) is 0. The van der Waals surface area contributed by atoms with Crippen molar-refractivity contribution in [3.8, 4) is 0 Å². The average Bonchev–Trinajstić information content (AvgIpc) is 2.77. The fraction of sp³-hybridized carbons (Fsp3) is 0.190. The van der Waals surface area contributed by atoms with E-state index in [1.54, 1.807) is 25.1 Å². The lowest BCUT2D eigenvalue weighted by atomic mass is 10.0. The van der Waals surface area contributed by atoms with Crippen LogP contribution in [0, 0.1) is 12.8 Å². The van der Waals surface area contributed by atoms with Crippen LogP contribution in [0.3, 0.4) is 0 Å². The van der Waals surface area contributed by atoms with E-state index in [0.717, 1.165) is 5.56 Å². The summed E-state index contributed by atoms with van der Waals surface area (Å²) in [5.74, 6) is -1.60. The zero-order chi connectivity index (χ0) is 19.4. The van der Waals surface area contributed by atoms with Crippen molar-refractivity contribution in [2.24, 2.45) is 10.9 Å². The minimum atomic E-state index is -0.926. The molecule has 27 heavy (non-hydrogen) atoms. The molecule has 2 aromatic carbocycles. The SMILES string of the molecule is C=C1Nc2ccccc2N=C(NC(=O)c2ccccc2C)[C@@H]1C(=O)OCC. The number of hydrogen-bond acceptors (Lipinski definition) is 5. The van der Waals surface area contributed by atoms with E-state index in [4.69, 9.17) is 4.74 Å².